The molecule has 0 spiro atoms. The summed E-state index contributed by atoms with van der Waals surface area (Å²) >= 11 is 0. The summed E-state index contributed by atoms with van der Waals surface area (Å²) in [5, 5.41) is 12.8. The van der Waals surface area contributed by atoms with Gasteiger partial charge in [0.05, 0.1) is 0 Å². The smallest absolute Gasteiger partial charge is 0.115 e. The number of pyridine rings is 1. The lowest BCUT2D eigenvalue weighted by atomic mass is 10.1. The minimum absolute atomic E-state index is 0.230. The highest BCUT2D eigenvalue weighted by Crippen LogP contribution is 2.20. The summed E-state index contributed by atoms with van der Waals surface area (Å²) in [5.41, 5.74) is 2.38. The first kappa shape index (κ1) is 12.6. The number of nitrogens with one attached hydrogen (secondary N) is 1. The Morgan fingerprint density at radius 2 is 1.39 bits per heavy atom. The quantitative estimate of drug-likeness (QED) is 0.865. The predicted octanol–water partition coefficient (Wildman–Crippen LogP) is 3.20. The maximum Gasteiger partial charge on any atom is 0.115 e. The molecule has 0 amide bonds. The van der Waals surface area contributed by atoms with Crippen LogP contribution in [-0.2, 0) is 0 Å². The van der Waals surface area contributed by atoms with Crippen molar-refractivity contribution in [3.8, 4) is 5.75 Å². The van der Waals surface area contributed by atoms with Crippen LogP contribution in [-0.4, -0.2) is 10.1 Å². The van der Waals surface area contributed by atoms with E-state index in [2.05, 4.69) is 24.1 Å². The van der Waals surface area contributed by atoms with Crippen molar-refractivity contribution in [2.45, 2.75) is 25.9 Å². The van der Waals surface area contributed by atoms with E-state index in [9.17, 15) is 5.11 Å². The highest BCUT2D eigenvalue weighted by atomic mass is 16.3. The largest absolute Gasteiger partial charge is 0.508 e. The van der Waals surface area contributed by atoms with Crippen molar-refractivity contribution in [2.24, 2.45) is 0 Å². The van der Waals surface area contributed by atoms with E-state index < -0.39 is 0 Å². The zero-order valence-corrected chi connectivity index (χ0v) is 10.7. The number of aromatic hydroxyl groups is 1. The maximum atomic E-state index is 9.27. The van der Waals surface area contributed by atoms with E-state index in [1.54, 1.807) is 24.5 Å². The standard InChI is InChI=1S/C15H18N2O/c1-11(13-3-5-15(18)6-4-13)17-12(2)14-7-9-16-10-8-14/h3-12,17-18H,1-2H3/t11?,12-/m0/s1. The van der Waals surface area contributed by atoms with Gasteiger partial charge in [0.15, 0.2) is 0 Å². The molecule has 0 saturated carbocycles. The summed E-state index contributed by atoms with van der Waals surface area (Å²) < 4.78 is 0. The molecule has 0 radical (unpaired) electrons. The second-order valence-corrected chi connectivity index (χ2v) is 4.48. The number of benzene rings is 1. The molecule has 3 nitrogen and oxygen atoms in total. The SMILES string of the molecule is CC(N[C@@H](C)c1ccncc1)c1ccc(O)cc1. The molecule has 1 aromatic carbocycles. The molecule has 94 valence electrons. The molecule has 2 atom stereocenters. The van der Waals surface area contributed by atoms with Crippen LogP contribution in [0.3, 0.4) is 0 Å². The van der Waals surface area contributed by atoms with Crippen molar-refractivity contribution in [1.29, 1.82) is 0 Å². The first-order valence-electron chi connectivity index (χ1n) is 6.11. The summed E-state index contributed by atoms with van der Waals surface area (Å²) in [7, 11) is 0. The van der Waals surface area contributed by atoms with Crippen molar-refractivity contribution in [3.05, 3.63) is 59.9 Å². The van der Waals surface area contributed by atoms with Gasteiger partial charge in [0.2, 0.25) is 0 Å². The van der Waals surface area contributed by atoms with Crippen molar-refractivity contribution in [3.63, 3.8) is 0 Å². The fourth-order valence-electron chi connectivity index (χ4n) is 1.98. The van der Waals surface area contributed by atoms with Crippen molar-refractivity contribution < 1.29 is 5.11 Å². The van der Waals surface area contributed by atoms with Crippen LogP contribution in [0.4, 0.5) is 0 Å². The van der Waals surface area contributed by atoms with Gasteiger partial charge in [-0.05, 0) is 49.2 Å². The van der Waals surface area contributed by atoms with E-state index in [0.717, 1.165) is 5.56 Å². The van der Waals surface area contributed by atoms with E-state index >= 15 is 0 Å². The van der Waals surface area contributed by atoms with Crippen LogP contribution >= 0.6 is 0 Å². The number of phenolic OH excluding ortho intramolecular Hbond substituents is 1. The molecule has 2 rings (SSSR count). The van der Waals surface area contributed by atoms with Gasteiger partial charge in [0.1, 0.15) is 5.75 Å². The molecule has 0 bridgehead atoms. The first-order valence-corrected chi connectivity index (χ1v) is 6.11. The molecule has 0 aliphatic carbocycles. The molecule has 0 aliphatic heterocycles. The van der Waals surface area contributed by atoms with Crippen LogP contribution < -0.4 is 5.32 Å². The Labute approximate surface area is 108 Å². The zero-order chi connectivity index (χ0) is 13.0. The predicted molar refractivity (Wildman–Crippen MR) is 72.3 cm³/mol. The van der Waals surface area contributed by atoms with Crippen LogP contribution in [0.5, 0.6) is 5.75 Å². The lowest BCUT2D eigenvalue weighted by Crippen LogP contribution is -2.22. The van der Waals surface area contributed by atoms with Crippen LogP contribution in [0, 0.1) is 0 Å². The number of phenols is 1. The minimum Gasteiger partial charge on any atom is -0.508 e. The normalized spacial score (nSPS) is 14.1. The van der Waals surface area contributed by atoms with Gasteiger partial charge in [0.25, 0.3) is 0 Å². The summed E-state index contributed by atoms with van der Waals surface area (Å²) in [4.78, 5) is 4.02. The topological polar surface area (TPSA) is 45.2 Å². The lowest BCUT2D eigenvalue weighted by molar-refractivity contribution is 0.472. The monoisotopic (exact) mass is 242 g/mol. The van der Waals surface area contributed by atoms with Crippen LogP contribution in [0.1, 0.15) is 37.1 Å². The Balaban J connectivity index is 2.03. The highest BCUT2D eigenvalue weighted by Gasteiger charge is 2.10. The average molecular weight is 242 g/mol. The molecule has 18 heavy (non-hydrogen) atoms. The van der Waals surface area contributed by atoms with E-state index in [1.807, 2.05) is 24.3 Å². The van der Waals surface area contributed by atoms with Crippen molar-refractivity contribution >= 4 is 0 Å². The Hall–Kier alpha value is -1.87. The third-order valence-corrected chi connectivity index (χ3v) is 3.10. The van der Waals surface area contributed by atoms with Crippen molar-refractivity contribution in [2.75, 3.05) is 0 Å². The number of hydrogen-bond donors (Lipinski definition) is 2. The molecular weight excluding hydrogens is 224 g/mol. The highest BCUT2D eigenvalue weighted by molar-refractivity contribution is 5.28. The number of nitrogens with zero attached hydrogens (tertiary/aromatic N) is 1. The third kappa shape index (κ3) is 3.08. The Kier molecular flexibility index (Phi) is 3.95. The molecule has 2 N–H and O–H groups in total. The van der Waals surface area contributed by atoms with Gasteiger partial charge in [-0.15, -0.1) is 0 Å². The first-order chi connectivity index (χ1) is 8.66. The third-order valence-electron chi connectivity index (χ3n) is 3.10. The van der Waals surface area contributed by atoms with Gasteiger partial charge in [-0.25, -0.2) is 0 Å². The van der Waals surface area contributed by atoms with Gasteiger partial charge in [-0.2, -0.15) is 0 Å². The molecule has 1 unspecified atom stereocenters. The lowest BCUT2D eigenvalue weighted by Gasteiger charge is -2.20. The fourth-order valence-corrected chi connectivity index (χ4v) is 1.98. The molecule has 1 aromatic heterocycles. The number of hydrogen-bond acceptors (Lipinski definition) is 3. The van der Waals surface area contributed by atoms with Gasteiger partial charge >= 0.3 is 0 Å². The van der Waals surface area contributed by atoms with Crippen LogP contribution in [0.2, 0.25) is 0 Å². The van der Waals surface area contributed by atoms with Gasteiger partial charge < -0.3 is 10.4 Å². The molecule has 1 heterocycles. The number of aromatic nitrogens is 1. The maximum absolute atomic E-state index is 9.27. The van der Waals surface area contributed by atoms with Crippen LogP contribution in [0.25, 0.3) is 0 Å². The Bertz CT molecular complexity index is 482. The van der Waals surface area contributed by atoms with Gasteiger partial charge in [-0.3, -0.25) is 4.98 Å². The minimum atomic E-state index is 0.230. The fraction of sp³-hybridized carbons (Fsp3) is 0.267. The van der Waals surface area contributed by atoms with Crippen LogP contribution in [0.15, 0.2) is 48.8 Å². The van der Waals surface area contributed by atoms with Crippen molar-refractivity contribution in [1.82, 2.24) is 10.3 Å². The van der Waals surface area contributed by atoms with Gasteiger partial charge in [0, 0.05) is 24.5 Å². The average Bonchev–Trinajstić information content (AvgIpc) is 2.40. The zero-order valence-electron chi connectivity index (χ0n) is 10.7. The van der Waals surface area contributed by atoms with E-state index in [0.29, 0.717) is 5.75 Å². The molecule has 2 aromatic rings. The molecule has 3 heteroatoms. The Morgan fingerprint density at radius 3 is 1.94 bits per heavy atom. The molecule has 0 fully saturated rings. The van der Waals surface area contributed by atoms with Gasteiger partial charge in [-0.1, -0.05) is 12.1 Å². The second kappa shape index (κ2) is 5.65. The summed E-state index contributed by atoms with van der Waals surface area (Å²) in [6.45, 7) is 4.25. The summed E-state index contributed by atoms with van der Waals surface area (Å²) in [5.74, 6) is 0.299. The number of rotatable bonds is 4. The molecule has 0 saturated heterocycles. The van der Waals surface area contributed by atoms with E-state index in [4.69, 9.17) is 0 Å². The van der Waals surface area contributed by atoms with E-state index in [-0.39, 0.29) is 12.1 Å². The molecule has 0 aliphatic rings. The summed E-state index contributed by atoms with van der Waals surface area (Å²) in [6.07, 6.45) is 3.61. The second-order valence-electron chi connectivity index (χ2n) is 4.48. The van der Waals surface area contributed by atoms with E-state index in [1.165, 1.54) is 5.56 Å². The Morgan fingerprint density at radius 1 is 0.889 bits per heavy atom. The summed E-state index contributed by atoms with van der Waals surface area (Å²) in [6, 6.07) is 11.8. The molecular formula is C15H18N2O.